The Balaban J connectivity index is 2.05. The molecule has 1 atom stereocenters. The van der Waals surface area contributed by atoms with Crippen molar-refractivity contribution in [2.45, 2.75) is 50.6 Å². The van der Waals surface area contributed by atoms with Gasteiger partial charge in [0.2, 0.25) is 11.8 Å². The number of hydrogen-bond acceptors (Lipinski definition) is 5. The molecule has 2 amide bonds. The summed E-state index contributed by atoms with van der Waals surface area (Å²) in [6, 6.07) is 20.7. The van der Waals surface area contributed by atoms with Crippen molar-refractivity contribution < 1.29 is 22.7 Å². The number of benzene rings is 3. The molecule has 0 saturated carbocycles. The number of rotatable bonds is 14. The number of para-hydroxylation sites is 2. The van der Waals surface area contributed by atoms with Crippen LogP contribution in [0.2, 0.25) is 5.02 Å². The highest BCUT2D eigenvalue weighted by molar-refractivity contribution is 7.92. The Labute approximate surface area is 241 Å². The molecule has 0 bridgehead atoms. The lowest BCUT2D eigenvalue weighted by atomic mass is 10.1. The standard InChI is InChI=1S/C30H36ClN3O5S/c1-4-6-20-32-30(36)26(5-2)33(21-23-16-18-24(31)19-17-23)29(35)22-34(27-14-10-11-15-28(27)39-3)40(37,38)25-12-8-7-9-13-25/h7-19,26H,4-6,20-22H2,1-3H3,(H,32,36)/t26-/m0/s1. The van der Waals surface area contributed by atoms with Crippen LogP contribution in [-0.4, -0.2) is 51.4 Å². The van der Waals surface area contributed by atoms with Crippen LogP contribution in [0, 0.1) is 0 Å². The summed E-state index contributed by atoms with van der Waals surface area (Å²) in [5, 5.41) is 3.46. The maximum absolute atomic E-state index is 14.1. The van der Waals surface area contributed by atoms with Gasteiger partial charge in [0.25, 0.3) is 10.0 Å². The molecule has 0 radical (unpaired) electrons. The zero-order valence-corrected chi connectivity index (χ0v) is 24.6. The highest BCUT2D eigenvalue weighted by atomic mass is 35.5. The zero-order valence-electron chi connectivity index (χ0n) is 23.0. The SMILES string of the molecule is CCCCNC(=O)[C@H](CC)N(Cc1ccc(Cl)cc1)C(=O)CN(c1ccccc1OC)S(=O)(=O)c1ccccc1. The van der Waals surface area contributed by atoms with Gasteiger partial charge >= 0.3 is 0 Å². The molecule has 0 spiro atoms. The molecule has 0 aliphatic heterocycles. The number of nitrogens with zero attached hydrogens (tertiary/aromatic N) is 2. The van der Waals surface area contributed by atoms with Crippen LogP contribution in [0.1, 0.15) is 38.7 Å². The van der Waals surface area contributed by atoms with E-state index in [4.69, 9.17) is 16.3 Å². The third-order valence-electron chi connectivity index (χ3n) is 6.45. The van der Waals surface area contributed by atoms with Gasteiger partial charge in [-0.2, -0.15) is 0 Å². The molecule has 3 aromatic rings. The highest BCUT2D eigenvalue weighted by Gasteiger charge is 2.34. The summed E-state index contributed by atoms with van der Waals surface area (Å²) in [5.41, 5.74) is 0.974. The average Bonchev–Trinajstić information content (AvgIpc) is 2.97. The second kappa shape index (κ2) is 14.7. The monoisotopic (exact) mass is 585 g/mol. The summed E-state index contributed by atoms with van der Waals surface area (Å²) >= 11 is 6.07. The first-order valence-corrected chi connectivity index (χ1v) is 15.1. The maximum atomic E-state index is 14.1. The Morgan fingerprint density at radius 1 is 0.950 bits per heavy atom. The highest BCUT2D eigenvalue weighted by Crippen LogP contribution is 2.32. The lowest BCUT2D eigenvalue weighted by Gasteiger charge is -2.33. The quantitative estimate of drug-likeness (QED) is 0.260. The second-order valence-electron chi connectivity index (χ2n) is 9.21. The molecule has 214 valence electrons. The normalized spacial score (nSPS) is 11.9. The fraction of sp³-hybridized carbons (Fsp3) is 0.333. The van der Waals surface area contributed by atoms with E-state index in [1.54, 1.807) is 66.7 Å². The molecule has 40 heavy (non-hydrogen) atoms. The number of anilines is 1. The number of amides is 2. The molecule has 8 nitrogen and oxygen atoms in total. The molecule has 10 heteroatoms. The van der Waals surface area contributed by atoms with Crippen molar-refractivity contribution in [3.63, 3.8) is 0 Å². The van der Waals surface area contributed by atoms with E-state index in [0.29, 0.717) is 23.7 Å². The number of methoxy groups -OCH3 is 1. The molecule has 0 aliphatic carbocycles. The molecule has 0 saturated heterocycles. The first-order chi connectivity index (χ1) is 19.2. The molecule has 0 fully saturated rings. The third-order valence-corrected chi connectivity index (χ3v) is 8.47. The molecular weight excluding hydrogens is 550 g/mol. The number of nitrogens with one attached hydrogen (secondary N) is 1. The van der Waals surface area contributed by atoms with Crippen LogP contribution in [-0.2, 0) is 26.2 Å². The van der Waals surface area contributed by atoms with E-state index in [9.17, 15) is 18.0 Å². The Bertz CT molecular complexity index is 1370. The topological polar surface area (TPSA) is 96.0 Å². The van der Waals surface area contributed by atoms with Gasteiger partial charge in [0.1, 0.15) is 18.3 Å². The smallest absolute Gasteiger partial charge is 0.264 e. The van der Waals surface area contributed by atoms with E-state index < -0.39 is 28.5 Å². The lowest BCUT2D eigenvalue weighted by molar-refractivity contribution is -0.140. The van der Waals surface area contributed by atoms with E-state index >= 15 is 0 Å². The lowest BCUT2D eigenvalue weighted by Crippen LogP contribution is -2.52. The van der Waals surface area contributed by atoms with Gasteiger partial charge in [-0.3, -0.25) is 13.9 Å². The Kier molecular flexibility index (Phi) is 11.4. The van der Waals surface area contributed by atoms with Crippen molar-refractivity contribution in [3.8, 4) is 5.75 Å². The number of carbonyl (C=O) groups excluding carboxylic acids is 2. The fourth-order valence-electron chi connectivity index (χ4n) is 4.28. The minimum atomic E-state index is -4.18. The van der Waals surface area contributed by atoms with Crippen molar-refractivity contribution in [1.82, 2.24) is 10.2 Å². The molecule has 3 rings (SSSR count). The average molecular weight is 586 g/mol. The third kappa shape index (κ3) is 7.76. The fourth-order valence-corrected chi connectivity index (χ4v) is 5.85. The van der Waals surface area contributed by atoms with E-state index in [-0.39, 0.29) is 23.0 Å². The van der Waals surface area contributed by atoms with Crippen molar-refractivity contribution in [2.75, 3.05) is 24.5 Å². The molecular formula is C30H36ClN3O5S. The van der Waals surface area contributed by atoms with Gasteiger partial charge in [0.15, 0.2) is 0 Å². The van der Waals surface area contributed by atoms with Crippen molar-refractivity contribution >= 4 is 39.1 Å². The summed E-state index contributed by atoms with van der Waals surface area (Å²) in [6.07, 6.45) is 2.07. The number of sulfonamides is 1. The van der Waals surface area contributed by atoms with E-state index in [2.05, 4.69) is 5.32 Å². The Hall–Kier alpha value is -3.56. The van der Waals surface area contributed by atoms with E-state index in [1.165, 1.54) is 24.1 Å². The molecule has 0 aliphatic rings. The van der Waals surface area contributed by atoms with Gasteiger partial charge in [-0.1, -0.05) is 74.3 Å². The Morgan fingerprint density at radius 3 is 2.23 bits per heavy atom. The number of halogens is 1. The molecule has 1 N–H and O–H groups in total. The van der Waals surface area contributed by atoms with Gasteiger partial charge in [-0.25, -0.2) is 8.42 Å². The molecule has 0 unspecified atom stereocenters. The van der Waals surface area contributed by atoms with Crippen LogP contribution in [0.4, 0.5) is 5.69 Å². The summed E-state index contributed by atoms with van der Waals surface area (Å²) in [7, 11) is -2.74. The van der Waals surface area contributed by atoms with Gasteiger partial charge < -0.3 is 15.0 Å². The first-order valence-electron chi connectivity index (χ1n) is 13.2. The summed E-state index contributed by atoms with van der Waals surface area (Å²) in [4.78, 5) is 28.8. The van der Waals surface area contributed by atoms with Crippen molar-refractivity contribution in [2.24, 2.45) is 0 Å². The van der Waals surface area contributed by atoms with Crippen LogP contribution >= 0.6 is 11.6 Å². The molecule has 3 aromatic carbocycles. The summed E-state index contributed by atoms with van der Waals surface area (Å²) in [5.74, 6) is -0.519. The number of carbonyl (C=O) groups is 2. The number of unbranched alkanes of at least 4 members (excludes halogenated alkanes) is 1. The van der Waals surface area contributed by atoms with E-state index in [1.807, 2.05) is 13.8 Å². The molecule has 0 heterocycles. The van der Waals surface area contributed by atoms with Gasteiger partial charge in [-0.05, 0) is 54.8 Å². The predicted molar refractivity (Wildman–Crippen MR) is 158 cm³/mol. The maximum Gasteiger partial charge on any atom is 0.264 e. The van der Waals surface area contributed by atoms with Crippen LogP contribution < -0.4 is 14.4 Å². The van der Waals surface area contributed by atoms with Gasteiger partial charge in [0.05, 0.1) is 17.7 Å². The van der Waals surface area contributed by atoms with Gasteiger partial charge in [0, 0.05) is 18.1 Å². The summed E-state index contributed by atoms with van der Waals surface area (Å²) in [6.45, 7) is 3.90. The van der Waals surface area contributed by atoms with Crippen molar-refractivity contribution in [1.29, 1.82) is 0 Å². The first kappa shape index (κ1) is 31.0. The van der Waals surface area contributed by atoms with Crippen molar-refractivity contribution in [3.05, 3.63) is 89.4 Å². The number of hydrogen-bond donors (Lipinski definition) is 1. The van der Waals surface area contributed by atoms with Crippen LogP contribution in [0.5, 0.6) is 5.75 Å². The number of ether oxygens (including phenoxy) is 1. The Morgan fingerprint density at radius 2 is 1.60 bits per heavy atom. The van der Waals surface area contributed by atoms with Crippen LogP contribution in [0.25, 0.3) is 0 Å². The predicted octanol–water partition coefficient (Wildman–Crippen LogP) is 5.27. The van der Waals surface area contributed by atoms with Gasteiger partial charge in [-0.15, -0.1) is 0 Å². The zero-order chi connectivity index (χ0) is 29.1. The minimum absolute atomic E-state index is 0.0299. The minimum Gasteiger partial charge on any atom is -0.495 e. The summed E-state index contributed by atoms with van der Waals surface area (Å²) < 4.78 is 34.3. The molecule has 0 aromatic heterocycles. The largest absolute Gasteiger partial charge is 0.495 e. The second-order valence-corrected chi connectivity index (χ2v) is 11.5. The van der Waals surface area contributed by atoms with Crippen LogP contribution in [0.3, 0.4) is 0 Å². The van der Waals surface area contributed by atoms with Crippen LogP contribution in [0.15, 0.2) is 83.8 Å². The van der Waals surface area contributed by atoms with E-state index in [0.717, 1.165) is 22.7 Å².